The molecule has 1 unspecified atom stereocenters. The molecule has 2 rings (SSSR count). The molecule has 0 amide bonds. The number of benzene rings is 1. The average molecular weight is 379 g/mol. The summed E-state index contributed by atoms with van der Waals surface area (Å²) in [5, 5.41) is 5.90. The van der Waals surface area contributed by atoms with Gasteiger partial charge in [-0.15, -0.1) is 11.3 Å². The van der Waals surface area contributed by atoms with Crippen molar-refractivity contribution in [1.29, 1.82) is 0 Å². The van der Waals surface area contributed by atoms with Gasteiger partial charge in [0.1, 0.15) is 0 Å². The van der Waals surface area contributed by atoms with Crippen molar-refractivity contribution in [3.05, 3.63) is 49.9 Å². The van der Waals surface area contributed by atoms with Crippen molar-refractivity contribution in [3.63, 3.8) is 0 Å². The second-order valence-electron chi connectivity index (χ2n) is 4.67. The lowest BCUT2D eigenvalue weighted by Crippen LogP contribution is -2.19. The Balaban J connectivity index is 2.30. The first-order chi connectivity index (χ1) is 9.81. The summed E-state index contributed by atoms with van der Waals surface area (Å²) in [6.45, 7) is 1.90. The predicted molar refractivity (Wildman–Crippen MR) is 81.5 cm³/mol. The van der Waals surface area contributed by atoms with Crippen LogP contribution >= 0.6 is 27.3 Å². The lowest BCUT2D eigenvalue weighted by Gasteiger charge is -2.18. The van der Waals surface area contributed by atoms with E-state index in [1.165, 1.54) is 23.5 Å². The summed E-state index contributed by atoms with van der Waals surface area (Å²) < 4.78 is 39.0. The van der Waals surface area contributed by atoms with E-state index >= 15 is 0 Å². The summed E-state index contributed by atoms with van der Waals surface area (Å²) in [5.74, 6) is 0. The Kier molecular flexibility index (Phi) is 5.06. The number of aryl methyl sites for hydroxylation is 1. The third kappa shape index (κ3) is 4.05. The molecule has 1 heterocycles. The van der Waals surface area contributed by atoms with E-state index in [2.05, 4.69) is 26.2 Å². The molecule has 2 aromatic rings. The van der Waals surface area contributed by atoms with Gasteiger partial charge >= 0.3 is 6.18 Å². The Bertz CT molecular complexity index is 625. The number of halogens is 4. The van der Waals surface area contributed by atoms with Gasteiger partial charge in [0.15, 0.2) is 0 Å². The van der Waals surface area contributed by atoms with Crippen molar-refractivity contribution in [2.45, 2.75) is 25.6 Å². The fourth-order valence-corrected chi connectivity index (χ4v) is 3.32. The van der Waals surface area contributed by atoms with Crippen molar-refractivity contribution in [3.8, 4) is 0 Å². The maximum absolute atomic E-state index is 13.0. The van der Waals surface area contributed by atoms with Gasteiger partial charge in [0.25, 0.3) is 0 Å². The average Bonchev–Trinajstić information content (AvgIpc) is 2.81. The van der Waals surface area contributed by atoms with Gasteiger partial charge in [-0.2, -0.15) is 13.2 Å². The first-order valence-corrected chi connectivity index (χ1v) is 7.93. The summed E-state index contributed by atoms with van der Waals surface area (Å²) >= 11 is 4.47. The van der Waals surface area contributed by atoms with Crippen molar-refractivity contribution in [2.24, 2.45) is 0 Å². The van der Waals surface area contributed by atoms with Gasteiger partial charge in [-0.25, -0.2) is 4.98 Å². The number of alkyl halides is 3. The minimum absolute atomic E-state index is 0.0543. The van der Waals surface area contributed by atoms with Crippen LogP contribution in [0.1, 0.15) is 27.9 Å². The van der Waals surface area contributed by atoms with Crippen LogP contribution in [0.4, 0.5) is 13.2 Å². The molecule has 0 saturated heterocycles. The Labute approximate surface area is 133 Å². The summed E-state index contributed by atoms with van der Waals surface area (Å²) in [6.07, 6.45) is -3.81. The molecule has 21 heavy (non-hydrogen) atoms. The molecule has 0 radical (unpaired) electrons. The molecule has 0 aliphatic rings. The zero-order valence-electron chi connectivity index (χ0n) is 11.5. The molecular weight excluding hydrogens is 365 g/mol. The van der Waals surface area contributed by atoms with Gasteiger partial charge in [-0.3, -0.25) is 0 Å². The third-order valence-electron chi connectivity index (χ3n) is 3.09. The van der Waals surface area contributed by atoms with Crippen LogP contribution in [0.2, 0.25) is 0 Å². The summed E-state index contributed by atoms with van der Waals surface area (Å²) in [7, 11) is 1.74. The van der Waals surface area contributed by atoms with Crippen LogP contribution in [0.5, 0.6) is 0 Å². The molecule has 114 valence electrons. The number of hydrogen-bond donors (Lipinski definition) is 1. The molecule has 1 aromatic carbocycles. The van der Waals surface area contributed by atoms with Gasteiger partial charge in [-0.1, -0.05) is 22.0 Å². The van der Waals surface area contributed by atoms with Crippen molar-refractivity contribution in [1.82, 2.24) is 10.3 Å². The fourth-order valence-electron chi connectivity index (χ4n) is 2.03. The normalized spacial score (nSPS) is 13.4. The van der Waals surface area contributed by atoms with Crippen molar-refractivity contribution >= 4 is 27.3 Å². The molecule has 1 aromatic heterocycles. The van der Waals surface area contributed by atoms with E-state index in [0.717, 1.165) is 10.7 Å². The summed E-state index contributed by atoms with van der Waals surface area (Å²) in [5.41, 5.74) is 0.869. The standard InChI is InChI=1S/C14H14BrF3N2S/c1-8-7-21-13(20-8)6-12(19-2)9-3-4-11(15)10(5-9)14(16,17)18/h3-5,7,12,19H,6H2,1-2H3. The van der Waals surface area contributed by atoms with E-state index in [1.807, 2.05) is 12.3 Å². The lowest BCUT2D eigenvalue weighted by atomic mass is 10.0. The molecule has 0 saturated carbocycles. The SMILES string of the molecule is CNC(Cc1nc(C)cs1)c1ccc(Br)c(C(F)(F)F)c1. The van der Waals surface area contributed by atoms with Crippen LogP contribution < -0.4 is 5.32 Å². The molecule has 1 atom stereocenters. The Morgan fingerprint density at radius 3 is 2.62 bits per heavy atom. The molecule has 0 fully saturated rings. The van der Waals surface area contributed by atoms with Crippen molar-refractivity contribution < 1.29 is 13.2 Å². The monoisotopic (exact) mass is 378 g/mol. The van der Waals surface area contributed by atoms with Crippen LogP contribution in [0.3, 0.4) is 0 Å². The molecule has 0 aliphatic carbocycles. The Morgan fingerprint density at radius 2 is 2.10 bits per heavy atom. The van der Waals surface area contributed by atoms with Crippen LogP contribution in [0.25, 0.3) is 0 Å². The number of rotatable bonds is 4. The number of nitrogens with one attached hydrogen (secondary N) is 1. The maximum atomic E-state index is 13.0. The quantitative estimate of drug-likeness (QED) is 0.831. The van der Waals surface area contributed by atoms with E-state index in [1.54, 1.807) is 13.1 Å². The highest BCUT2D eigenvalue weighted by molar-refractivity contribution is 9.10. The van der Waals surface area contributed by atoms with E-state index < -0.39 is 11.7 Å². The number of likely N-dealkylation sites (N-methyl/N-ethyl adjacent to an activating group) is 1. The molecule has 0 bridgehead atoms. The smallest absolute Gasteiger partial charge is 0.313 e. The third-order valence-corrected chi connectivity index (χ3v) is 4.77. The van der Waals surface area contributed by atoms with E-state index in [-0.39, 0.29) is 10.5 Å². The van der Waals surface area contributed by atoms with Gasteiger partial charge in [0.2, 0.25) is 0 Å². The summed E-state index contributed by atoms with van der Waals surface area (Å²) in [6, 6.07) is 4.12. The minimum Gasteiger partial charge on any atom is -0.313 e. The molecular formula is C14H14BrF3N2S. The molecule has 2 nitrogen and oxygen atoms in total. The van der Waals surface area contributed by atoms with Crippen LogP contribution in [-0.4, -0.2) is 12.0 Å². The van der Waals surface area contributed by atoms with Gasteiger partial charge in [-0.05, 0) is 31.7 Å². The van der Waals surface area contributed by atoms with E-state index in [0.29, 0.717) is 12.0 Å². The van der Waals surface area contributed by atoms with Gasteiger partial charge in [0, 0.05) is 28.0 Å². The van der Waals surface area contributed by atoms with Crippen molar-refractivity contribution in [2.75, 3.05) is 7.05 Å². The van der Waals surface area contributed by atoms with Gasteiger partial charge < -0.3 is 5.32 Å². The highest BCUT2D eigenvalue weighted by Gasteiger charge is 2.33. The Morgan fingerprint density at radius 1 is 1.38 bits per heavy atom. The van der Waals surface area contributed by atoms with Gasteiger partial charge in [0.05, 0.1) is 10.6 Å². The number of aromatic nitrogens is 1. The maximum Gasteiger partial charge on any atom is 0.417 e. The fraction of sp³-hybridized carbons (Fsp3) is 0.357. The highest BCUT2D eigenvalue weighted by Crippen LogP contribution is 2.36. The molecule has 0 spiro atoms. The summed E-state index contributed by atoms with van der Waals surface area (Å²) in [4.78, 5) is 4.36. The zero-order chi connectivity index (χ0) is 15.6. The van der Waals surface area contributed by atoms with Crippen LogP contribution in [0.15, 0.2) is 28.1 Å². The van der Waals surface area contributed by atoms with Crippen LogP contribution in [0, 0.1) is 6.92 Å². The zero-order valence-corrected chi connectivity index (χ0v) is 13.9. The number of nitrogens with zero attached hydrogens (tertiary/aromatic N) is 1. The van der Waals surface area contributed by atoms with E-state index in [9.17, 15) is 13.2 Å². The second-order valence-corrected chi connectivity index (χ2v) is 6.46. The predicted octanol–water partition coefficient (Wildman–Crippen LogP) is 4.74. The lowest BCUT2D eigenvalue weighted by molar-refractivity contribution is -0.138. The number of hydrogen-bond acceptors (Lipinski definition) is 3. The number of thiazole rings is 1. The van der Waals surface area contributed by atoms with Crippen LogP contribution in [-0.2, 0) is 12.6 Å². The Hall–Kier alpha value is -0.920. The highest BCUT2D eigenvalue weighted by atomic mass is 79.9. The first kappa shape index (κ1) is 16.5. The minimum atomic E-state index is -4.37. The van der Waals surface area contributed by atoms with E-state index in [4.69, 9.17) is 0 Å². The molecule has 7 heteroatoms. The first-order valence-electron chi connectivity index (χ1n) is 6.26. The molecule has 0 aliphatic heterocycles. The topological polar surface area (TPSA) is 24.9 Å². The largest absolute Gasteiger partial charge is 0.417 e. The second kappa shape index (κ2) is 6.46. The molecule has 1 N–H and O–H groups in total.